The van der Waals surface area contributed by atoms with Crippen LogP contribution in [0.2, 0.25) is 0 Å². The molecule has 0 saturated carbocycles. The number of benzene rings is 2. The first-order valence-electron chi connectivity index (χ1n) is 17.1. The number of pyridine rings is 2. The summed E-state index contributed by atoms with van der Waals surface area (Å²) in [6, 6.07) is 8.98. The number of hydrogen-bond donors (Lipinski definition) is 2. The van der Waals surface area contributed by atoms with Crippen molar-refractivity contribution in [2.24, 2.45) is 0 Å². The van der Waals surface area contributed by atoms with Crippen molar-refractivity contribution < 1.29 is 27.8 Å². The van der Waals surface area contributed by atoms with Crippen molar-refractivity contribution in [2.75, 3.05) is 36.9 Å². The minimum Gasteiger partial charge on any atom is -0.508 e. The fourth-order valence-electron chi connectivity index (χ4n) is 8.20. The highest BCUT2D eigenvalue weighted by molar-refractivity contribution is 6.03. The van der Waals surface area contributed by atoms with Gasteiger partial charge < -0.3 is 25.2 Å². The normalized spacial score (nSPS) is 22.5. The zero-order valence-corrected chi connectivity index (χ0v) is 28.1. The standard InChI is InChI=1S/C37H38F3N7O3/c1-4-24-27(39)9-8-21-13-23(48)14-26(28(21)24)31-30(40)32-29-34(45-36(44-32)49-18-37-10-6-12-46(37)17-22(38)15-37)47(16-19(2)50-35(29)43-31)20(3)25-7-5-11-42-33(25)41/h5,7-9,11,13-14,19-20,22,48H,4,6,10,12,15-18H2,1-3H3,(H2,41,42)/t19-,20?,22+,37-/m0/s1. The van der Waals surface area contributed by atoms with E-state index in [0.717, 1.165) is 24.9 Å². The molecule has 0 amide bonds. The Hall–Kier alpha value is -4.91. The molecule has 1 unspecified atom stereocenters. The molecule has 2 fully saturated rings. The van der Waals surface area contributed by atoms with E-state index in [1.54, 1.807) is 18.3 Å². The van der Waals surface area contributed by atoms with Crippen LogP contribution < -0.4 is 20.1 Å². The second-order valence-corrected chi connectivity index (χ2v) is 13.7. The number of rotatable bonds is 7. The van der Waals surface area contributed by atoms with E-state index >= 15 is 8.78 Å². The number of aromatic nitrogens is 4. The molecule has 260 valence electrons. The average Bonchev–Trinajstić information content (AvgIpc) is 3.57. The van der Waals surface area contributed by atoms with Gasteiger partial charge in [-0.2, -0.15) is 9.97 Å². The number of nitrogens with zero attached hydrogens (tertiary/aromatic N) is 6. The summed E-state index contributed by atoms with van der Waals surface area (Å²) in [6.07, 6.45) is 2.57. The molecular weight excluding hydrogens is 647 g/mol. The van der Waals surface area contributed by atoms with Crippen LogP contribution in [-0.2, 0) is 6.42 Å². The molecule has 3 aromatic heterocycles. The van der Waals surface area contributed by atoms with E-state index < -0.39 is 29.4 Å². The van der Waals surface area contributed by atoms with Crippen LogP contribution in [-0.4, -0.2) is 74.0 Å². The predicted molar refractivity (Wildman–Crippen MR) is 184 cm³/mol. The number of phenolic OH excluding ortho intramolecular Hbond substituents is 1. The van der Waals surface area contributed by atoms with Gasteiger partial charge in [0, 0.05) is 30.3 Å². The van der Waals surface area contributed by atoms with Crippen molar-refractivity contribution in [1.82, 2.24) is 24.8 Å². The molecule has 2 saturated heterocycles. The molecule has 0 spiro atoms. The molecule has 13 heteroatoms. The van der Waals surface area contributed by atoms with Gasteiger partial charge in [-0.1, -0.05) is 19.1 Å². The second-order valence-electron chi connectivity index (χ2n) is 13.7. The van der Waals surface area contributed by atoms with E-state index in [1.807, 2.05) is 31.7 Å². The van der Waals surface area contributed by atoms with Crippen molar-refractivity contribution in [3.05, 3.63) is 65.4 Å². The molecule has 4 atom stereocenters. The van der Waals surface area contributed by atoms with E-state index in [-0.39, 0.29) is 52.4 Å². The molecule has 5 aromatic rings. The van der Waals surface area contributed by atoms with Gasteiger partial charge in [0.15, 0.2) is 5.82 Å². The lowest BCUT2D eigenvalue weighted by atomic mass is 9.94. The van der Waals surface area contributed by atoms with Gasteiger partial charge in [0.25, 0.3) is 0 Å². The molecular formula is C37H38F3N7O3. The van der Waals surface area contributed by atoms with Gasteiger partial charge in [-0.15, -0.1) is 0 Å². The summed E-state index contributed by atoms with van der Waals surface area (Å²) in [5.74, 6) is -0.633. The number of aryl methyl sites for hydroxylation is 1. The fourth-order valence-corrected chi connectivity index (χ4v) is 8.20. The third kappa shape index (κ3) is 5.21. The first-order chi connectivity index (χ1) is 24.1. The smallest absolute Gasteiger partial charge is 0.319 e. The summed E-state index contributed by atoms with van der Waals surface area (Å²) in [6.45, 7) is 7.22. The Morgan fingerprint density at radius 2 is 1.98 bits per heavy atom. The van der Waals surface area contributed by atoms with E-state index in [0.29, 0.717) is 53.9 Å². The number of phenols is 1. The summed E-state index contributed by atoms with van der Waals surface area (Å²) in [7, 11) is 0. The fraction of sp³-hybridized carbons (Fsp3) is 0.405. The molecule has 8 rings (SSSR count). The predicted octanol–water partition coefficient (Wildman–Crippen LogP) is 6.67. The summed E-state index contributed by atoms with van der Waals surface area (Å²) in [4.78, 5) is 22.6. The Morgan fingerprint density at radius 1 is 1.14 bits per heavy atom. The first-order valence-corrected chi connectivity index (χ1v) is 17.1. The summed E-state index contributed by atoms with van der Waals surface area (Å²) < 4.78 is 59.8. The number of alkyl halides is 1. The highest BCUT2D eigenvalue weighted by Crippen LogP contribution is 2.46. The number of anilines is 2. The van der Waals surface area contributed by atoms with Gasteiger partial charge in [0.1, 0.15) is 58.7 Å². The lowest BCUT2D eigenvalue weighted by Crippen LogP contribution is -2.43. The van der Waals surface area contributed by atoms with E-state index in [1.165, 1.54) is 18.2 Å². The van der Waals surface area contributed by atoms with Crippen LogP contribution in [0.4, 0.5) is 24.8 Å². The third-order valence-corrected chi connectivity index (χ3v) is 10.5. The molecule has 3 N–H and O–H groups in total. The minimum atomic E-state index is -0.954. The number of nitrogen functional groups attached to an aromatic ring is 1. The molecule has 2 aromatic carbocycles. The number of ether oxygens (including phenoxy) is 2. The van der Waals surface area contributed by atoms with E-state index in [9.17, 15) is 9.50 Å². The minimum absolute atomic E-state index is 0.0787. The maximum atomic E-state index is 17.3. The molecule has 3 aliphatic rings. The van der Waals surface area contributed by atoms with Crippen LogP contribution in [0, 0.1) is 11.6 Å². The van der Waals surface area contributed by atoms with Crippen LogP contribution in [0.15, 0.2) is 42.6 Å². The highest BCUT2D eigenvalue weighted by atomic mass is 19.1. The van der Waals surface area contributed by atoms with Gasteiger partial charge in [0.05, 0.1) is 18.1 Å². The van der Waals surface area contributed by atoms with E-state index in [2.05, 4.69) is 14.9 Å². The lowest BCUT2D eigenvalue weighted by molar-refractivity contribution is 0.107. The lowest BCUT2D eigenvalue weighted by Gasteiger charge is -2.32. The number of nitrogens with two attached hydrogens (primary N) is 1. The van der Waals surface area contributed by atoms with Crippen molar-refractivity contribution >= 4 is 33.3 Å². The molecule has 0 radical (unpaired) electrons. The first kappa shape index (κ1) is 32.3. The van der Waals surface area contributed by atoms with Crippen LogP contribution in [0.1, 0.15) is 57.2 Å². The number of halogens is 3. The second kappa shape index (κ2) is 12.1. The summed E-state index contributed by atoms with van der Waals surface area (Å²) >= 11 is 0. The number of fused-ring (bicyclic) bond motifs is 2. The summed E-state index contributed by atoms with van der Waals surface area (Å²) in [5, 5.41) is 11.9. The van der Waals surface area contributed by atoms with Crippen LogP contribution in [0.3, 0.4) is 0 Å². The molecule has 0 bridgehead atoms. The zero-order valence-electron chi connectivity index (χ0n) is 28.1. The van der Waals surface area contributed by atoms with Gasteiger partial charge in [-0.25, -0.2) is 23.1 Å². The quantitative estimate of drug-likeness (QED) is 0.192. The van der Waals surface area contributed by atoms with Gasteiger partial charge >= 0.3 is 6.01 Å². The molecule has 50 heavy (non-hydrogen) atoms. The molecule has 10 nitrogen and oxygen atoms in total. The monoisotopic (exact) mass is 685 g/mol. The largest absolute Gasteiger partial charge is 0.508 e. The molecule has 0 aliphatic carbocycles. The van der Waals surface area contributed by atoms with Crippen molar-refractivity contribution in [1.29, 1.82) is 0 Å². The Kier molecular flexibility index (Phi) is 7.85. The van der Waals surface area contributed by atoms with E-state index in [4.69, 9.17) is 25.2 Å². The highest BCUT2D eigenvalue weighted by Gasteiger charge is 2.49. The molecule has 6 heterocycles. The number of hydrogen-bond acceptors (Lipinski definition) is 10. The Bertz CT molecular complexity index is 2150. The third-order valence-electron chi connectivity index (χ3n) is 10.5. The SMILES string of the molecule is CCc1c(F)ccc2cc(O)cc(-c3nc4c5c(nc(OC[C@@]67CCCN6C[C@H](F)C7)nc5c3F)N(C(C)c3cccnc3N)C[C@H](C)O4)c12. The Labute approximate surface area is 287 Å². The van der Waals surface area contributed by atoms with Crippen molar-refractivity contribution in [3.8, 4) is 28.9 Å². The number of aromatic hydroxyl groups is 1. The van der Waals surface area contributed by atoms with Crippen molar-refractivity contribution in [3.63, 3.8) is 0 Å². The van der Waals surface area contributed by atoms with Crippen LogP contribution in [0.5, 0.6) is 17.6 Å². The summed E-state index contributed by atoms with van der Waals surface area (Å²) in [5.41, 5.74) is 6.86. The van der Waals surface area contributed by atoms with Gasteiger partial charge in [-0.05, 0) is 80.3 Å². The molecule has 3 aliphatic heterocycles. The topological polar surface area (TPSA) is 123 Å². The van der Waals surface area contributed by atoms with Gasteiger partial charge in [0.2, 0.25) is 5.88 Å². The van der Waals surface area contributed by atoms with Crippen LogP contribution in [0.25, 0.3) is 32.9 Å². The average molecular weight is 686 g/mol. The van der Waals surface area contributed by atoms with Gasteiger partial charge in [-0.3, -0.25) is 4.90 Å². The maximum Gasteiger partial charge on any atom is 0.319 e. The Morgan fingerprint density at radius 3 is 2.78 bits per heavy atom. The zero-order chi connectivity index (χ0) is 34.9. The van der Waals surface area contributed by atoms with Crippen LogP contribution >= 0.6 is 0 Å². The maximum absolute atomic E-state index is 17.3. The van der Waals surface area contributed by atoms with Crippen molar-refractivity contribution in [2.45, 2.75) is 70.3 Å². The Balaban J connectivity index is 1.36.